The average Bonchev–Trinajstić information content (AvgIpc) is 2.41. The maximum Gasteiger partial charge on any atom is 0.124 e. The largest absolute Gasteiger partial charge is 0.494 e. The van der Waals surface area contributed by atoms with Crippen LogP contribution in [0.5, 0.6) is 5.75 Å². The summed E-state index contributed by atoms with van der Waals surface area (Å²) in [4.78, 5) is 0. The Labute approximate surface area is 127 Å². The number of alkyl halides is 1. The molecule has 0 amide bonds. The Hall–Kier alpha value is -0.990. The van der Waals surface area contributed by atoms with Crippen molar-refractivity contribution in [2.75, 3.05) is 6.61 Å². The highest BCUT2D eigenvalue weighted by Gasteiger charge is 2.17. The second kappa shape index (κ2) is 6.44. The number of hydrogen-bond acceptors (Lipinski definition) is 1. The monoisotopic (exact) mass is 338 g/mol. The van der Waals surface area contributed by atoms with E-state index in [0.717, 1.165) is 21.3 Å². The topological polar surface area (TPSA) is 9.23 Å². The first-order valence-corrected chi connectivity index (χ1v) is 7.48. The van der Waals surface area contributed by atoms with E-state index in [1.54, 1.807) is 0 Å². The van der Waals surface area contributed by atoms with Gasteiger partial charge in [0.2, 0.25) is 0 Å². The molecule has 0 aliphatic heterocycles. The van der Waals surface area contributed by atoms with Crippen molar-refractivity contribution >= 4 is 27.5 Å². The molecule has 3 heteroatoms. The average molecular weight is 340 g/mol. The summed E-state index contributed by atoms with van der Waals surface area (Å²) in [7, 11) is 0. The lowest BCUT2D eigenvalue weighted by Crippen LogP contribution is -2.01. The first-order chi connectivity index (χ1) is 9.13. The van der Waals surface area contributed by atoms with Gasteiger partial charge in [-0.2, -0.15) is 0 Å². The zero-order chi connectivity index (χ0) is 13.8. The number of halogens is 2. The molecule has 0 fully saturated rings. The molecule has 2 aromatic carbocycles. The Balaban J connectivity index is 2.45. The molecule has 2 aromatic rings. The number of benzene rings is 2. The van der Waals surface area contributed by atoms with Gasteiger partial charge in [0.15, 0.2) is 0 Å². The third-order valence-electron chi connectivity index (χ3n) is 3.01. The van der Waals surface area contributed by atoms with Crippen LogP contribution < -0.4 is 4.74 Å². The maximum atomic E-state index is 6.65. The summed E-state index contributed by atoms with van der Waals surface area (Å²) in [5, 5.41) is -0.208. The van der Waals surface area contributed by atoms with Crippen LogP contribution in [0, 0.1) is 6.92 Å². The Kier molecular flexibility index (Phi) is 4.89. The molecule has 0 saturated heterocycles. The molecule has 0 aromatic heterocycles. The third kappa shape index (κ3) is 3.31. The Morgan fingerprint density at radius 1 is 1.16 bits per heavy atom. The van der Waals surface area contributed by atoms with E-state index >= 15 is 0 Å². The molecule has 0 bridgehead atoms. The number of rotatable bonds is 4. The van der Waals surface area contributed by atoms with E-state index in [9.17, 15) is 0 Å². The van der Waals surface area contributed by atoms with E-state index in [0.29, 0.717) is 6.61 Å². The number of ether oxygens (including phenoxy) is 1. The van der Waals surface area contributed by atoms with Crippen LogP contribution in [0.15, 0.2) is 46.9 Å². The van der Waals surface area contributed by atoms with Crippen molar-refractivity contribution in [1.29, 1.82) is 0 Å². The van der Waals surface area contributed by atoms with E-state index in [4.69, 9.17) is 16.3 Å². The number of aryl methyl sites for hydroxylation is 1. The first-order valence-electron chi connectivity index (χ1n) is 6.25. The van der Waals surface area contributed by atoms with Crippen molar-refractivity contribution in [2.24, 2.45) is 0 Å². The summed E-state index contributed by atoms with van der Waals surface area (Å²) in [6.07, 6.45) is 0. The second-order valence-corrected chi connectivity index (χ2v) is 5.69. The van der Waals surface area contributed by atoms with E-state index in [1.165, 1.54) is 5.56 Å². The highest BCUT2D eigenvalue weighted by Crippen LogP contribution is 2.37. The first kappa shape index (κ1) is 14.4. The lowest BCUT2D eigenvalue weighted by molar-refractivity contribution is 0.337. The lowest BCUT2D eigenvalue weighted by Gasteiger charge is -2.17. The van der Waals surface area contributed by atoms with Crippen LogP contribution in [-0.2, 0) is 0 Å². The van der Waals surface area contributed by atoms with Crippen molar-refractivity contribution in [1.82, 2.24) is 0 Å². The summed E-state index contributed by atoms with van der Waals surface area (Å²) in [5.74, 6) is 0.842. The van der Waals surface area contributed by atoms with Crippen molar-refractivity contribution in [2.45, 2.75) is 19.2 Å². The molecule has 0 saturated carbocycles. The fourth-order valence-corrected chi connectivity index (χ4v) is 2.84. The molecule has 1 unspecified atom stereocenters. The smallest absolute Gasteiger partial charge is 0.124 e. The molecule has 0 N–H and O–H groups in total. The highest BCUT2D eigenvalue weighted by atomic mass is 79.9. The predicted octanol–water partition coefficient (Wildman–Crippen LogP) is 5.48. The summed E-state index contributed by atoms with van der Waals surface area (Å²) in [6.45, 7) is 4.68. The second-order valence-electron chi connectivity index (χ2n) is 4.33. The van der Waals surface area contributed by atoms with Crippen molar-refractivity contribution in [3.8, 4) is 5.75 Å². The van der Waals surface area contributed by atoms with Crippen LogP contribution in [0.2, 0.25) is 0 Å². The van der Waals surface area contributed by atoms with Crippen LogP contribution in [0.3, 0.4) is 0 Å². The molecule has 1 nitrogen and oxygen atoms in total. The van der Waals surface area contributed by atoms with Gasteiger partial charge in [0.25, 0.3) is 0 Å². The summed E-state index contributed by atoms with van der Waals surface area (Å²) in [5.41, 5.74) is 3.29. The summed E-state index contributed by atoms with van der Waals surface area (Å²) >= 11 is 10.1. The van der Waals surface area contributed by atoms with Crippen LogP contribution >= 0.6 is 27.5 Å². The Morgan fingerprint density at radius 2 is 1.89 bits per heavy atom. The summed E-state index contributed by atoms with van der Waals surface area (Å²) < 4.78 is 6.67. The van der Waals surface area contributed by atoms with Crippen molar-refractivity contribution in [3.05, 3.63) is 63.6 Å². The molecule has 0 heterocycles. The van der Waals surface area contributed by atoms with E-state index in [2.05, 4.69) is 35.0 Å². The van der Waals surface area contributed by atoms with E-state index in [1.807, 2.05) is 37.3 Å². The quantitative estimate of drug-likeness (QED) is 0.670. The van der Waals surface area contributed by atoms with Crippen LogP contribution in [0.4, 0.5) is 0 Å². The SMILES string of the molecule is CCOc1ccc(Br)cc1C(Cl)c1ccccc1C. The standard InChI is InChI=1S/C16H16BrClO/c1-3-19-15-9-8-12(17)10-14(15)16(18)13-7-5-4-6-11(13)2/h4-10,16H,3H2,1-2H3. The fraction of sp³-hybridized carbons (Fsp3) is 0.250. The van der Waals surface area contributed by atoms with Gasteiger partial charge in [0, 0.05) is 10.0 Å². The summed E-state index contributed by atoms with van der Waals surface area (Å²) in [6, 6.07) is 14.1. The van der Waals surface area contributed by atoms with E-state index < -0.39 is 0 Å². The minimum atomic E-state index is -0.208. The van der Waals surface area contributed by atoms with Gasteiger partial charge >= 0.3 is 0 Å². The normalized spacial score (nSPS) is 12.2. The molecule has 19 heavy (non-hydrogen) atoms. The Morgan fingerprint density at radius 3 is 2.58 bits per heavy atom. The number of hydrogen-bond donors (Lipinski definition) is 0. The van der Waals surface area contributed by atoms with Crippen molar-refractivity contribution < 1.29 is 4.74 Å². The van der Waals surface area contributed by atoms with Gasteiger partial charge in [-0.3, -0.25) is 0 Å². The molecular formula is C16H16BrClO. The van der Waals surface area contributed by atoms with Crippen LogP contribution in [-0.4, -0.2) is 6.61 Å². The molecule has 1 atom stereocenters. The van der Waals surface area contributed by atoms with Crippen LogP contribution in [0.1, 0.15) is 29.0 Å². The minimum absolute atomic E-state index is 0.208. The molecular weight excluding hydrogens is 324 g/mol. The highest BCUT2D eigenvalue weighted by molar-refractivity contribution is 9.10. The molecule has 0 aliphatic carbocycles. The van der Waals surface area contributed by atoms with Gasteiger partial charge in [0.05, 0.1) is 12.0 Å². The van der Waals surface area contributed by atoms with Gasteiger partial charge in [0.1, 0.15) is 5.75 Å². The Bertz CT molecular complexity index is 568. The van der Waals surface area contributed by atoms with Gasteiger partial charge < -0.3 is 4.74 Å². The van der Waals surface area contributed by atoms with Gasteiger partial charge in [-0.05, 0) is 43.2 Å². The van der Waals surface area contributed by atoms with Crippen molar-refractivity contribution in [3.63, 3.8) is 0 Å². The predicted molar refractivity (Wildman–Crippen MR) is 84.2 cm³/mol. The zero-order valence-corrected chi connectivity index (χ0v) is 13.3. The molecule has 2 rings (SSSR count). The maximum absolute atomic E-state index is 6.65. The lowest BCUT2D eigenvalue weighted by atomic mass is 9.99. The third-order valence-corrected chi connectivity index (χ3v) is 3.97. The van der Waals surface area contributed by atoms with Gasteiger partial charge in [-0.25, -0.2) is 0 Å². The van der Waals surface area contributed by atoms with Gasteiger partial charge in [-0.1, -0.05) is 40.2 Å². The van der Waals surface area contributed by atoms with Crippen LogP contribution in [0.25, 0.3) is 0 Å². The van der Waals surface area contributed by atoms with E-state index in [-0.39, 0.29) is 5.38 Å². The molecule has 100 valence electrons. The molecule has 0 radical (unpaired) electrons. The molecule has 0 aliphatic rings. The van der Waals surface area contributed by atoms with Gasteiger partial charge in [-0.15, -0.1) is 11.6 Å². The molecule has 0 spiro atoms. The fourth-order valence-electron chi connectivity index (χ4n) is 2.04. The minimum Gasteiger partial charge on any atom is -0.494 e. The zero-order valence-electron chi connectivity index (χ0n) is 11.0.